The Labute approximate surface area is 234 Å². The Balaban J connectivity index is 1.41. The van der Waals surface area contributed by atoms with Gasteiger partial charge in [0, 0.05) is 30.6 Å². The van der Waals surface area contributed by atoms with Crippen LogP contribution in [-0.2, 0) is 34.0 Å². The summed E-state index contributed by atoms with van der Waals surface area (Å²) in [7, 11) is 0. The van der Waals surface area contributed by atoms with Gasteiger partial charge in [-0.05, 0) is 49.9 Å². The lowest BCUT2D eigenvalue weighted by Crippen LogP contribution is -2.57. The fraction of sp³-hybridized carbons (Fsp3) is 0.387. The highest BCUT2D eigenvalue weighted by Crippen LogP contribution is 2.45. The number of benzene rings is 2. The monoisotopic (exact) mass is 548 g/mol. The number of hydrogen-bond donors (Lipinski definition) is 1. The number of aromatic nitrogens is 1. The minimum atomic E-state index is -0.693. The smallest absolute Gasteiger partial charge is 0.286 e. The topological polar surface area (TPSA) is 71.8 Å². The first kappa shape index (κ1) is 27.2. The quantitative estimate of drug-likeness (QED) is 0.412. The van der Waals surface area contributed by atoms with E-state index in [1.165, 1.54) is 0 Å². The number of ether oxygens (including phenoxy) is 2. The summed E-state index contributed by atoms with van der Waals surface area (Å²) in [6.07, 6.45) is 5.70. The van der Waals surface area contributed by atoms with Crippen LogP contribution in [0.1, 0.15) is 55.8 Å². The minimum absolute atomic E-state index is 0.0954. The molecule has 0 radical (unpaired) electrons. The third-order valence-corrected chi connectivity index (χ3v) is 7.62. The van der Waals surface area contributed by atoms with Gasteiger partial charge in [0.1, 0.15) is 17.5 Å². The highest BCUT2D eigenvalue weighted by atomic mass is 35.5. The summed E-state index contributed by atoms with van der Waals surface area (Å²) in [5.41, 5.74) is 2.19. The van der Waals surface area contributed by atoms with Crippen LogP contribution in [0.5, 0.6) is 5.75 Å². The van der Waals surface area contributed by atoms with Crippen LogP contribution < -0.4 is 14.6 Å². The molecular weight excluding hydrogens is 514 g/mol. The average Bonchev–Trinajstić information content (AvgIpc) is 2.92. The van der Waals surface area contributed by atoms with E-state index in [9.17, 15) is 9.59 Å². The lowest BCUT2D eigenvalue weighted by molar-refractivity contribution is -0.685. The van der Waals surface area contributed by atoms with Crippen molar-refractivity contribution in [3.8, 4) is 5.75 Å². The Bertz CT molecular complexity index is 1310. The fourth-order valence-corrected chi connectivity index (χ4v) is 5.50. The number of nitrogens with one attached hydrogen (secondary N) is 1. The van der Waals surface area contributed by atoms with Gasteiger partial charge >= 0.3 is 0 Å². The van der Waals surface area contributed by atoms with Gasteiger partial charge in [-0.2, -0.15) is 4.57 Å². The van der Waals surface area contributed by atoms with Crippen molar-refractivity contribution in [2.75, 3.05) is 6.54 Å². The molecule has 0 saturated carbocycles. The van der Waals surface area contributed by atoms with Crippen LogP contribution in [0.3, 0.4) is 0 Å². The SMILES string of the molecule is CC1(C)Oc2cc[n+](CC(=O)NCc3ccccc3)cc2C(N2CCCCC2=O)C1OCc1ccc(Cl)cc1. The minimum Gasteiger partial charge on any atom is -0.484 e. The summed E-state index contributed by atoms with van der Waals surface area (Å²) in [4.78, 5) is 27.9. The van der Waals surface area contributed by atoms with E-state index >= 15 is 0 Å². The van der Waals surface area contributed by atoms with Crippen molar-refractivity contribution >= 4 is 23.4 Å². The first-order valence-electron chi connectivity index (χ1n) is 13.5. The van der Waals surface area contributed by atoms with Crippen molar-refractivity contribution in [2.24, 2.45) is 0 Å². The molecule has 1 N–H and O–H groups in total. The van der Waals surface area contributed by atoms with Gasteiger partial charge in [0.05, 0.1) is 18.2 Å². The number of hydrogen-bond acceptors (Lipinski definition) is 4. The normalized spacial score (nSPS) is 20.2. The van der Waals surface area contributed by atoms with Gasteiger partial charge < -0.3 is 19.7 Å². The third kappa shape index (κ3) is 6.43. The molecule has 2 aliphatic rings. The van der Waals surface area contributed by atoms with E-state index in [1.807, 2.05) is 96.4 Å². The largest absolute Gasteiger partial charge is 0.484 e. The Hall–Kier alpha value is -3.42. The van der Waals surface area contributed by atoms with Crippen molar-refractivity contribution in [3.05, 3.63) is 94.8 Å². The zero-order chi connectivity index (χ0) is 27.4. The van der Waals surface area contributed by atoms with E-state index in [2.05, 4.69) is 5.32 Å². The van der Waals surface area contributed by atoms with Crippen LogP contribution in [0.4, 0.5) is 0 Å². The van der Waals surface area contributed by atoms with Crippen LogP contribution in [-0.4, -0.2) is 35.0 Å². The third-order valence-electron chi connectivity index (χ3n) is 7.37. The molecule has 3 aromatic rings. The van der Waals surface area contributed by atoms with Crippen molar-refractivity contribution in [3.63, 3.8) is 0 Å². The molecule has 2 atom stereocenters. The maximum Gasteiger partial charge on any atom is 0.286 e. The van der Waals surface area contributed by atoms with Crippen LogP contribution in [0.2, 0.25) is 5.02 Å². The van der Waals surface area contributed by atoms with Gasteiger partial charge in [0.2, 0.25) is 12.5 Å². The molecule has 0 spiro atoms. The number of pyridine rings is 1. The van der Waals surface area contributed by atoms with Crippen molar-refractivity contribution < 1.29 is 23.6 Å². The summed E-state index contributed by atoms with van der Waals surface area (Å²) in [6, 6.07) is 18.9. The van der Waals surface area contributed by atoms with Crippen LogP contribution in [0.25, 0.3) is 0 Å². The van der Waals surface area contributed by atoms with Crippen LogP contribution >= 0.6 is 11.6 Å². The number of carbonyl (C=O) groups is 2. The molecule has 8 heteroatoms. The van der Waals surface area contributed by atoms with E-state index in [0.29, 0.717) is 36.9 Å². The second kappa shape index (κ2) is 11.8. The Morgan fingerprint density at radius 2 is 1.87 bits per heavy atom. The van der Waals surface area contributed by atoms with Crippen molar-refractivity contribution in [1.82, 2.24) is 10.2 Å². The molecule has 1 fully saturated rings. The van der Waals surface area contributed by atoms with E-state index in [0.717, 1.165) is 29.5 Å². The molecule has 2 aliphatic heterocycles. The average molecular weight is 549 g/mol. The second-order valence-electron chi connectivity index (χ2n) is 10.8. The summed E-state index contributed by atoms with van der Waals surface area (Å²) < 4.78 is 14.9. The second-order valence-corrected chi connectivity index (χ2v) is 11.2. The molecule has 5 rings (SSSR count). The number of amides is 2. The number of likely N-dealkylation sites (tertiary alicyclic amines) is 1. The maximum atomic E-state index is 13.2. The Morgan fingerprint density at radius 1 is 1.10 bits per heavy atom. The molecule has 1 aromatic heterocycles. The van der Waals surface area contributed by atoms with Gasteiger partial charge in [-0.1, -0.05) is 54.1 Å². The van der Waals surface area contributed by atoms with E-state index in [1.54, 1.807) is 0 Å². The maximum absolute atomic E-state index is 13.2. The van der Waals surface area contributed by atoms with Crippen LogP contribution in [0.15, 0.2) is 73.1 Å². The molecule has 2 aromatic carbocycles. The molecule has 39 heavy (non-hydrogen) atoms. The van der Waals surface area contributed by atoms with E-state index in [4.69, 9.17) is 21.1 Å². The lowest BCUT2D eigenvalue weighted by atomic mass is 9.85. The highest BCUT2D eigenvalue weighted by molar-refractivity contribution is 6.30. The number of fused-ring (bicyclic) bond motifs is 1. The van der Waals surface area contributed by atoms with Gasteiger partial charge in [0.15, 0.2) is 12.4 Å². The predicted molar refractivity (Wildman–Crippen MR) is 148 cm³/mol. The first-order chi connectivity index (χ1) is 18.8. The number of rotatable bonds is 8. The summed E-state index contributed by atoms with van der Waals surface area (Å²) in [5, 5.41) is 3.65. The number of piperidine rings is 1. The molecule has 2 amide bonds. The molecular formula is C31H35ClN3O4+. The molecule has 0 bridgehead atoms. The lowest BCUT2D eigenvalue weighted by Gasteiger charge is -2.48. The predicted octanol–water partition coefficient (Wildman–Crippen LogP) is 4.75. The number of carbonyl (C=O) groups excluding carboxylic acids is 2. The summed E-state index contributed by atoms with van der Waals surface area (Å²) in [6.45, 7) is 5.64. The molecule has 3 heterocycles. The van der Waals surface area contributed by atoms with Crippen LogP contribution in [0, 0.1) is 0 Å². The Morgan fingerprint density at radius 3 is 2.62 bits per heavy atom. The number of nitrogens with zero attached hydrogens (tertiary/aromatic N) is 2. The van der Waals surface area contributed by atoms with Crippen molar-refractivity contribution in [1.29, 1.82) is 0 Å². The fourth-order valence-electron chi connectivity index (χ4n) is 5.37. The standard InChI is InChI=1S/C31H34ClN3O4/c1-31(2)30(38-21-23-11-13-24(32)14-12-23)29(35-16-7-6-10-28(35)37)25-19-34(17-15-26(25)39-31)20-27(36)33-18-22-8-4-3-5-9-22/h3-5,8-9,11-15,17,19,29-30H,6-7,10,16,18,20-21H2,1-2H3/p+1. The summed E-state index contributed by atoms with van der Waals surface area (Å²) >= 11 is 6.07. The molecule has 1 saturated heterocycles. The first-order valence-corrected chi connectivity index (χ1v) is 13.9. The molecule has 2 unspecified atom stereocenters. The van der Waals surface area contributed by atoms with Gasteiger partial charge in [0.25, 0.3) is 5.91 Å². The summed E-state index contributed by atoms with van der Waals surface area (Å²) in [5.74, 6) is 0.726. The number of halogens is 1. The van der Waals surface area contributed by atoms with E-state index in [-0.39, 0.29) is 24.4 Å². The van der Waals surface area contributed by atoms with Crippen molar-refractivity contribution in [2.45, 2.75) is 70.6 Å². The van der Waals surface area contributed by atoms with Gasteiger partial charge in [-0.3, -0.25) is 9.59 Å². The molecule has 204 valence electrons. The zero-order valence-electron chi connectivity index (χ0n) is 22.4. The van der Waals surface area contributed by atoms with E-state index < -0.39 is 11.7 Å². The van der Waals surface area contributed by atoms with Gasteiger partial charge in [-0.15, -0.1) is 0 Å². The molecule has 7 nitrogen and oxygen atoms in total. The molecule has 0 aliphatic carbocycles. The zero-order valence-corrected chi connectivity index (χ0v) is 23.2. The van der Waals surface area contributed by atoms with Gasteiger partial charge in [-0.25, -0.2) is 0 Å². The Kier molecular flexibility index (Phi) is 8.19. The highest BCUT2D eigenvalue weighted by Gasteiger charge is 2.50.